The molecule has 2 heterocycles. The highest BCUT2D eigenvalue weighted by Crippen LogP contribution is 2.38. The Morgan fingerprint density at radius 2 is 1.83 bits per heavy atom. The van der Waals surface area contributed by atoms with E-state index in [1.165, 1.54) is 29.1 Å². The second-order valence-electron chi connectivity index (χ2n) is 5.79. The Morgan fingerprint density at radius 1 is 1.13 bits per heavy atom. The summed E-state index contributed by atoms with van der Waals surface area (Å²) >= 11 is 3.03. The second-order valence-corrected chi connectivity index (χ2v) is 7.75. The number of carbonyl (C=O) groups is 1. The molecule has 4 rings (SSSR count). The highest BCUT2D eigenvalue weighted by Gasteiger charge is 2.22. The summed E-state index contributed by atoms with van der Waals surface area (Å²) in [6.45, 7) is 0. The number of benzene rings is 1. The van der Waals surface area contributed by atoms with Gasteiger partial charge >= 0.3 is 0 Å². The van der Waals surface area contributed by atoms with Gasteiger partial charge in [-0.3, -0.25) is 4.79 Å². The maximum Gasteiger partial charge on any atom is 0.274 e. The molecule has 0 radical (unpaired) electrons. The Morgan fingerprint density at radius 3 is 2.57 bits per heavy atom. The van der Waals surface area contributed by atoms with Crippen LogP contribution in [-0.2, 0) is 4.79 Å². The number of hydrogen-bond acceptors (Lipinski definition) is 6. The normalized spacial score (nSPS) is 16.0. The van der Waals surface area contributed by atoms with Gasteiger partial charge in [-0.1, -0.05) is 41.9 Å². The molecule has 23 heavy (non-hydrogen) atoms. The van der Waals surface area contributed by atoms with E-state index in [4.69, 9.17) is 4.74 Å². The molecule has 1 aliphatic carbocycles. The lowest BCUT2D eigenvalue weighted by atomic mass is 9.89. The first-order chi connectivity index (χ1) is 11.2. The average Bonchev–Trinajstić information content (AvgIpc) is 3.18. The Bertz CT molecular complexity index is 865. The SMILES string of the molecule is COc1nc2ccc3nc(NC(=O)C4CCCCC4)sc3c2s1. The van der Waals surface area contributed by atoms with E-state index in [0.29, 0.717) is 10.3 Å². The molecule has 2 aromatic heterocycles. The molecule has 1 aliphatic rings. The number of nitrogens with one attached hydrogen (secondary N) is 1. The molecule has 0 unspecified atom stereocenters. The number of amides is 1. The van der Waals surface area contributed by atoms with Gasteiger partial charge < -0.3 is 10.1 Å². The van der Waals surface area contributed by atoms with Crippen LogP contribution in [0.25, 0.3) is 20.4 Å². The van der Waals surface area contributed by atoms with E-state index in [1.807, 2.05) is 12.1 Å². The standard InChI is InChI=1S/C16H17N3O2S2/c1-21-16-18-11-8-7-10-12(13(11)23-16)22-15(17-10)19-14(20)9-5-3-2-4-6-9/h7-9H,2-6H2,1H3,(H,17,19,20). The minimum Gasteiger partial charge on any atom is -0.473 e. The van der Waals surface area contributed by atoms with Crippen molar-refractivity contribution in [1.82, 2.24) is 9.97 Å². The van der Waals surface area contributed by atoms with Gasteiger partial charge in [-0.25, -0.2) is 9.97 Å². The number of methoxy groups -OCH3 is 1. The average molecular weight is 347 g/mol. The molecule has 0 atom stereocenters. The predicted octanol–water partition coefficient (Wildman–Crippen LogP) is 4.43. The van der Waals surface area contributed by atoms with Crippen molar-refractivity contribution in [3.8, 4) is 5.19 Å². The van der Waals surface area contributed by atoms with Gasteiger partial charge in [-0.05, 0) is 25.0 Å². The Hall–Kier alpha value is -1.73. The number of hydrogen-bond donors (Lipinski definition) is 1. The maximum absolute atomic E-state index is 12.4. The molecular weight excluding hydrogens is 330 g/mol. The van der Waals surface area contributed by atoms with Gasteiger partial charge in [0.15, 0.2) is 5.13 Å². The van der Waals surface area contributed by atoms with Crippen LogP contribution in [0.1, 0.15) is 32.1 Å². The Kier molecular flexibility index (Phi) is 3.90. The molecule has 1 amide bonds. The first-order valence-electron chi connectivity index (χ1n) is 7.79. The van der Waals surface area contributed by atoms with Crippen LogP contribution in [0.4, 0.5) is 5.13 Å². The summed E-state index contributed by atoms with van der Waals surface area (Å²) in [6.07, 6.45) is 5.54. The van der Waals surface area contributed by atoms with Crippen molar-refractivity contribution < 1.29 is 9.53 Å². The molecule has 1 aromatic carbocycles. The quantitative estimate of drug-likeness (QED) is 0.761. The third kappa shape index (κ3) is 2.79. The Labute approximate surface area is 141 Å². The molecule has 0 saturated heterocycles. The monoisotopic (exact) mass is 347 g/mol. The van der Waals surface area contributed by atoms with E-state index in [-0.39, 0.29) is 11.8 Å². The third-order valence-electron chi connectivity index (χ3n) is 4.27. The summed E-state index contributed by atoms with van der Waals surface area (Å²) in [4.78, 5) is 21.4. The third-order valence-corrected chi connectivity index (χ3v) is 6.46. The van der Waals surface area contributed by atoms with Gasteiger partial charge in [-0.15, -0.1) is 0 Å². The summed E-state index contributed by atoms with van der Waals surface area (Å²) in [7, 11) is 1.62. The van der Waals surface area contributed by atoms with Gasteiger partial charge in [0.1, 0.15) is 0 Å². The number of ether oxygens (including phenoxy) is 1. The highest BCUT2D eigenvalue weighted by atomic mass is 32.1. The zero-order chi connectivity index (χ0) is 15.8. The van der Waals surface area contributed by atoms with Crippen LogP contribution in [0.2, 0.25) is 0 Å². The molecule has 7 heteroatoms. The molecule has 5 nitrogen and oxygen atoms in total. The highest BCUT2D eigenvalue weighted by molar-refractivity contribution is 7.29. The van der Waals surface area contributed by atoms with Crippen molar-refractivity contribution in [3.63, 3.8) is 0 Å². The number of anilines is 1. The summed E-state index contributed by atoms with van der Waals surface area (Å²) in [5, 5.41) is 4.33. The number of nitrogens with zero attached hydrogens (tertiary/aromatic N) is 2. The van der Waals surface area contributed by atoms with Crippen LogP contribution in [-0.4, -0.2) is 23.0 Å². The molecule has 3 aromatic rings. The van der Waals surface area contributed by atoms with Crippen LogP contribution in [0, 0.1) is 5.92 Å². The largest absolute Gasteiger partial charge is 0.473 e. The van der Waals surface area contributed by atoms with Crippen LogP contribution >= 0.6 is 22.7 Å². The van der Waals surface area contributed by atoms with E-state index in [2.05, 4.69) is 15.3 Å². The topological polar surface area (TPSA) is 64.1 Å². The summed E-state index contributed by atoms with van der Waals surface area (Å²) < 4.78 is 7.34. The van der Waals surface area contributed by atoms with Gasteiger partial charge in [-0.2, -0.15) is 0 Å². The predicted molar refractivity (Wildman–Crippen MR) is 94.6 cm³/mol. The molecule has 1 saturated carbocycles. The lowest BCUT2D eigenvalue weighted by molar-refractivity contribution is -0.120. The van der Waals surface area contributed by atoms with E-state index in [9.17, 15) is 4.79 Å². The molecule has 120 valence electrons. The molecule has 0 aliphatic heterocycles. The van der Waals surface area contributed by atoms with Gasteiger partial charge in [0.2, 0.25) is 5.91 Å². The molecule has 0 bridgehead atoms. The maximum atomic E-state index is 12.4. The van der Waals surface area contributed by atoms with Crippen LogP contribution < -0.4 is 10.1 Å². The zero-order valence-corrected chi connectivity index (χ0v) is 14.4. The van der Waals surface area contributed by atoms with Crippen LogP contribution in [0.15, 0.2) is 12.1 Å². The second kappa shape index (κ2) is 6.05. The lowest BCUT2D eigenvalue weighted by Gasteiger charge is -2.19. The molecule has 1 N–H and O–H groups in total. The smallest absolute Gasteiger partial charge is 0.274 e. The molecular formula is C16H17N3O2S2. The van der Waals surface area contributed by atoms with Crippen molar-refractivity contribution >= 4 is 54.1 Å². The van der Waals surface area contributed by atoms with Crippen molar-refractivity contribution in [1.29, 1.82) is 0 Å². The molecule has 0 spiro atoms. The van der Waals surface area contributed by atoms with E-state index in [0.717, 1.165) is 46.1 Å². The van der Waals surface area contributed by atoms with Crippen LogP contribution in [0.3, 0.4) is 0 Å². The van der Waals surface area contributed by atoms with Crippen molar-refractivity contribution in [2.45, 2.75) is 32.1 Å². The van der Waals surface area contributed by atoms with Crippen molar-refractivity contribution in [2.75, 3.05) is 12.4 Å². The number of thiazole rings is 2. The number of fused-ring (bicyclic) bond motifs is 3. The first-order valence-corrected chi connectivity index (χ1v) is 9.43. The van der Waals surface area contributed by atoms with Crippen LogP contribution in [0.5, 0.6) is 5.19 Å². The van der Waals surface area contributed by atoms with Crippen molar-refractivity contribution in [2.24, 2.45) is 5.92 Å². The van der Waals surface area contributed by atoms with E-state index >= 15 is 0 Å². The fraction of sp³-hybridized carbons (Fsp3) is 0.438. The molecule has 1 fully saturated rings. The fourth-order valence-electron chi connectivity index (χ4n) is 3.07. The number of carbonyl (C=O) groups excluding carboxylic acids is 1. The minimum absolute atomic E-state index is 0.113. The summed E-state index contributed by atoms with van der Waals surface area (Å²) in [6, 6.07) is 3.90. The van der Waals surface area contributed by atoms with Crippen molar-refractivity contribution in [3.05, 3.63) is 12.1 Å². The number of rotatable bonds is 3. The Balaban J connectivity index is 1.64. The summed E-state index contributed by atoms with van der Waals surface area (Å²) in [5.41, 5.74) is 1.81. The van der Waals surface area contributed by atoms with E-state index < -0.39 is 0 Å². The summed E-state index contributed by atoms with van der Waals surface area (Å²) in [5.74, 6) is 0.251. The van der Waals surface area contributed by atoms with Gasteiger partial charge in [0, 0.05) is 5.92 Å². The van der Waals surface area contributed by atoms with Gasteiger partial charge in [0.25, 0.3) is 5.19 Å². The number of aromatic nitrogens is 2. The minimum atomic E-state index is 0.113. The first kappa shape index (κ1) is 14.8. The van der Waals surface area contributed by atoms with E-state index in [1.54, 1.807) is 7.11 Å². The fourth-order valence-corrected chi connectivity index (χ4v) is 5.04. The zero-order valence-electron chi connectivity index (χ0n) is 12.8. The van der Waals surface area contributed by atoms with Gasteiger partial charge in [0.05, 0.1) is 27.5 Å². The lowest BCUT2D eigenvalue weighted by Crippen LogP contribution is -2.24.